The molecule has 0 bridgehead atoms. The smallest absolute Gasteiger partial charge is 0.227 e. The molecule has 2 atom stereocenters. The number of rotatable bonds is 3. The van der Waals surface area contributed by atoms with Gasteiger partial charge in [0, 0.05) is 13.1 Å². The summed E-state index contributed by atoms with van der Waals surface area (Å²) in [6.45, 7) is 5.26. The third-order valence-electron chi connectivity index (χ3n) is 3.45. The second kappa shape index (κ2) is 6.40. The number of ether oxygens (including phenoxy) is 1. The molecule has 1 heterocycles. The number of hydrogen-bond donors (Lipinski definition) is 0. The lowest BCUT2D eigenvalue weighted by atomic mass is 10.0. The van der Waals surface area contributed by atoms with Crippen LogP contribution in [0.1, 0.15) is 18.1 Å². The predicted molar refractivity (Wildman–Crippen MR) is 76.5 cm³/mol. The van der Waals surface area contributed by atoms with Crippen molar-refractivity contribution in [2.75, 3.05) is 19.0 Å². The van der Waals surface area contributed by atoms with Crippen molar-refractivity contribution in [2.45, 2.75) is 32.5 Å². The third-order valence-corrected chi connectivity index (χ3v) is 3.80. The van der Waals surface area contributed by atoms with Crippen LogP contribution in [0.4, 0.5) is 0 Å². The number of aryl methyl sites for hydroxylation is 1. The summed E-state index contributed by atoms with van der Waals surface area (Å²) in [4.78, 5) is 14.2. The zero-order chi connectivity index (χ0) is 13.8. The van der Waals surface area contributed by atoms with E-state index in [1.165, 1.54) is 0 Å². The van der Waals surface area contributed by atoms with Crippen LogP contribution in [0.3, 0.4) is 0 Å². The highest BCUT2D eigenvalue weighted by atomic mass is 35.5. The quantitative estimate of drug-likeness (QED) is 0.796. The summed E-state index contributed by atoms with van der Waals surface area (Å²) in [5, 5.41) is 0. The van der Waals surface area contributed by atoms with Gasteiger partial charge in [-0.2, -0.15) is 0 Å². The fourth-order valence-electron chi connectivity index (χ4n) is 2.42. The van der Waals surface area contributed by atoms with Crippen LogP contribution in [0, 0.1) is 6.92 Å². The molecule has 4 heteroatoms. The fourth-order valence-corrected chi connectivity index (χ4v) is 2.59. The average Bonchev–Trinajstić information content (AvgIpc) is 2.40. The van der Waals surface area contributed by atoms with Gasteiger partial charge in [-0.15, -0.1) is 11.6 Å². The highest BCUT2D eigenvalue weighted by Gasteiger charge is 2.27. The van der Waals surface area contributed by atoms with Gasteiger partial charge in [-0.3, -0.25) is 4.79 Å². The molecule has 3 nitrogen and oxygen atoms in total. The van der Waals surface area contributed by atoms with Crippen molar-refractivity contribution >= 4 is 17.5 Å². The Kier molecular flexibility index (Phi) is 4.83. The number of amides is 1. The molecule has 0 aromatic heterocycles. The van der Waals surface area contributed by atoms with Gasteiger partial charge in [-0.1, -0.05) is 24.3 Å². The number of alkyl halides is 1. The van der Waals surface area contributed by atoms with Crippen molar-refractivity contribution in [3.05, 3.63) is 35.4 Å². The molecule has 1 aromatic rings. The maximum absolute atomic E-state index is 12.4. The number of carbonyl (C=O) groups excluding carboxylic acids is 1. The first kappa shape index (κ1) is 14.4. The number of carbonyl (C=O) groups is 1. The van der Waals surface area contributed by atoms with Crippen LogP contribution in [-0.2, 0) is 16.0 Å². The topological polar surface area (TPSA) is 29.5 Å². The summed E-state index contributed by atoms with van der Waals surface area (Å²) in [5.41, 5.74) is 2.25. The molecule has 0 spiro atoms. The van der Waals surface area contributed by atoms with Crippen LogP contribution in [-0.4, -0.2) is 42.0 Å². The minimum atomic E-state index is -0.0498. The third kappa shape index (κ3) is 3.71. The second-order valence-corrected chi connectivity index (χ2v) is 5.43. The molecular weight excluding hydrogens is 262 g/mol. The Hall–Kier alpha value is -1.06. The SMILES string of the molecule is Cc1ccccc1CC(=O)N1CC(C)OC(CCl)C1. The highest BCUT2D eigenvalue weighted by Crippen LogP contribution is 2.15. The molecule has 1 fully saturated rings. The molecule has 104 valence electrons. The maximum atomic E-state index is 12.4. The zero-order valence-corrected chi connectivity index (χ0v) is 12.2. The van der Waals surface area contributed by atoms with Gasteiger partial charge in [0.2, 0.25) is 5.91 Å². The first-order valence-electron chi connectivity index (χ1n) is 6.64. The van der Waals surface area contributed by atoms with Gasteiger partial charge >= 0.3 is 0 Å². The molecule has 1 saturated heterocycles. The minimum absolute atomic E-state index is 0.0498. The lowest BCUT2D eigenvalue weighted by molar-refractivity contribution is -0.142. The van der Waals surface area contributed by atoms with E-state index in [-0.39, 0.29) is 18.1 Å². The fraction of sp³-hybridized carbons (Fsp3) is 0.533. The predicted octanol–water partition coefficient (Wildman–Crippen LogP) is 2.39. The van der Waals surface area contributed by atoms with E-state index in [9.17, 15) is 4.79 Å². The Balaban J connectivity index is 2.01. The van der Waals surface area contributed by atoms with Gasteiger partial charge in [0.05, 0.1) is 24.5 Å². The lowest BCUT2D eigenvalue weighted by Gasteiger charge is -2.36. The molecule has 1 aliphatic heterocycles. The Morgan fingerprint density at radius 1 is 1.42 bits per heavy atom. The monoisotopic (exact) mass is 281 g/mol. The van der Waals surface area contributed by atoms with E-state index in [2.05, 4.69) is 0 Å². The van der Waals surface area contributed by atoms with Crippen LogP contribution in [0.2, 0.25) is 0 Å². The Labute approximate surface area is 119 Å². The Morgan fingerprint density at radius 3 is 2.84 bits per heavy atom. The molecule has 0 saturated carbocycles. The van der Waals surface area contributed by atoms with Crippen molar-refractivity contribution in [1.29, 1.82) is 0 Å². The standard InChI is InChI=1S/C15H20ClNO2/c1-11-5-3-4-6-13(11)7-15(18)17-9-12(2)19-14(8-16)10-17/h3-6,12,14H,7-10H2,1-2H3. The summed E-state index contributed by atoms with van der Waals surface area (Å²) in [5.74, 6) is 0.581. The van der Waals surface area contributed by atoms with E-state index in [0.29, 0.717) is 25.4 Å². The van der Waals surface area contributed by atoms with Gasteiger partial charge in [-0.25, -0.2) is 0 Å². The molecule has 0 aliphatic carbocycles. The average molecular weight is 282 g/mol. The number of benzene rings is 1. The number of hydrogen-bond acceptors (Lipinski definition) is 2. The molecule has 19 heavy (non-hydrogen) atoms. The number of halogens is 1. The van der Waals surface area contributed by atoms with E-state index in [1.807, 2.05) is 43.0 Å². The van der Waals surface area contributed by atoms with Crippen molar-refractivity contribution in [3.8, 4) is 0 Å². The van der Waals surface area contributed by atoms with E-state index in [1.54, 1.807) is 0 Å². The van der Waals surface area contributed by atoms with Gasteiger partial charge < -0.3 is 9.64 Å². The summed E-state index contributed by atoms with van der Waals surface area (Å²) in [6, 6.07) is 8.00. The molecule has 1 aliphatic rings. The first-order valence-corrected chi connectivity index (χ1v) is 7.17. The summed E-state index contributed by atoms with van der Waals surface area (Å²) in [7, 11) is 0. The lowest BCUT2D eigenvalue weighted by Crippen LogP contribution is -2.50. The van der Waals surface area contributed by atoms with Gasteiger partial charge in [0.1, 0.15) is 0 Å². The largest absolute Gasteiger partial charge is 0.370 e. The van der Waals surface area contributed by atoms with Gasteiger partial charge in [-0.05, 0) is 25.0 Å². The van der Waals surface area contributed by atoms with Crippen molar-refractivity contribution in [1.82, 2.24) is 4.90 Å². The normalized spacial score (nSPS) is 23.4. The number of nitrogens with zero attached hydrogens (tertiary/aromatic N) is 1. The van der Waals surface area contributed by atoms with Crippen LogP contribution in [0.25, 0.3) is 0 Å². The first-order chi connectivity index (χ1) is 9.10. The highest BCUT2D eigenvalue weighted by molar-refractivity contribution is 6.18. The van der Waals surface area contributed by atoms with Crippen molar-refractivity contribution < 1.29 is 9.53 Å². The molecule has 2 rings (SSSR count). The van der Waals surface area contributed by atoms with Crippen LogP contribution >= 0.6 is 11.6 Å². The van der Waals surface area contributed by atoms with E-state index >= 15 is 0 Å². The Morgan fingerprint density at radius 2 is 2.16 bits per heavy atom. The zero-order valence-electron chi connectivity index (χ0n) is 11.4. The van der Waals surface area contributed by atoms with Crippen molar-refractivity contribution in [2.24, 2.45) is 0 Å². The minimum Gasteiger partial charge on any atom is -0.370 e. The van der Waals surface area contributed by atoms with Crippen molar-refractivity contribution in [3.63, 3.8) is 0 Å². The summed E-state index contributed by atoms with van der Waals surface area (Å²) < 4.78 is 5.66. The molecular formula is C15H20ClNO2. The van der Waals surface area contributed by atoms with Crippen LogP contribution in [0.15, 0.2) is 24.3 Å². The Bertz CT molecular complexity index is 450. The van der Waals surface area contributed by atoms with Crippen LogP contribution < -0.4 is 0 Å². The number of morpholine rings is 1. The maximum Gasteiger partial charge on any atom is 0.227 e. The van der Waals surface area contributed by atoms with Gasteiger partial charge in [0.25, 0.3) is 0 Å². The molecule has 1 aromatic carbocycles. The second-order valence-electron chi connectivity index (χ2n) is 5.12. The van der Waals surface area contributed by atoms with E-state index in [0.717, 1.165) is 11.1 Å². The molecule has 0 N–H and O–H groups in total. The van der Waals surface area contributed by atoms with E-state index < -0.39 is 0 Å². The van der Waals surface area contributed by atoms with Gasteiger partial charge in [0.15, 0.2) is 0 Å². The summed E-state index contributed by atoms with van der Waals surface area (Å²) >= 11 is 5.84. The van der Waals surface area contributed by atoms with Crippen LogP contribution in [0.5, 0.6) is 0 Å². The molecule has 0 radical (unpaired) electrons. The van der Waals surface area contributed by atoms with E-state index in [4.69, 9.17) is 16.3 Å². The molecule has 2 unspecified atom stereocenters. The summed E-state index contributed by atoms with van der Waals surface area (Å²) in [6.07, 6.45) is 0.457. The molecule has 1 amide bonds.